The number of carbonyl (C=O) groups excluding carboxylic acids is 2. The van der Waals surface area contributed by atoms with E-state index in [2.05, 4.69) is 10.5 Å². The van der Waals surface area contributed by atoms with Crippen LogP contribution in [-0.4, -0.2) is 24.7 Å². The van der Waals surface area contributed by atoms with Gasteiger partial charge in [-0.2, -0.15) is 5.10 Å². The van der Waals surface area contributed by atoms with Crippen LogP contribution in [-0.2, 0) is 9.59 Å². The minimum atomic E-state index is -0.429. The molecule has 0 aromatic heterocycles. The normalized spacial score (nSPS) is 10.5. The van der Waals surface area contributed by atoms with Crippen LogP contribution < -0.4 is 14.9 Å². The highest BCUT2D eigenvalue weighted by atomic mass is 16.5. The van der Waals surface area contributed by atoms with Gasteiger partial charge >= 0.3 is 5.97 Å². The summed E-state index contributed by atoms with van der Waals surface area (Å²) >= 11 is 0. The molecule has 0 unspecified atom stereocenters. The van der Waals surface area contributed by atoms with E-state index in [0.29, 0.717) is 17.1 Å². The van der Waals surface area contributed by atoms with Gasteiger partial charge in [-0.3, -0.25) is 9.59 Å². The third-order valence-electron chi connectivity index (χ3n) is 3.90. The lowest BCUT2D eigenvalue weighted by atomic mass is 10.1. The van der Waals surface area contributed by atoms with E-state index in [1.807, 2.05) is 54.6 Å². The fourth-order valence-electron chi connectivity index (χ4n) is 2.56. The lowest BCUT2D eigenvalue weighted by Crippen LogP contribution is -2.24. The van der Waals surface area contributed by atoms with Crippen LogP contribution in [0.15, 0.2) is 84.0 Å². The zero-order valence-electron chi connectivity index (χ0n) is 15.9. The summed E-state index contributed by atoms with van der Waals surface area (Å²) in [6.07, 6.45) is 1.41. The molecule has 29 heavy (non-hydrogen) atoms. The van der Waals surface area contributed by atoms with Crippen LogP contribution in [0.3, 0.4) is 0 Å². The highest BCUT2D eigenvalue weighted by molar-refractivity contribution is 5.86. The Labute approximate surface area is 168 Å². The first-order chi connectivity index (χ1) is 14.1. The summed E-state index contributed by atoms with van der Waals surface area (Å²) < 4.78 is 10.6. The van der Waals surface area contributed by atoms with Crippen molar-refractivity contribution in [1.29, 1.82) is 0 Å². The Balaban J connectivity index is 1.50. The molecule has 3 aromatic carbocycles. The molecule has 3 rings (SSSR count). The van der Waals surface area contributed by atoms with Gasteiger partial charge in [-0.05, 0) is 35.4 Å². The fourth-order valence-corrected chi connectivity index (χ4v) is 2.56. The van der Waals surface area contributed by atoms with Crippen molar-refractivity contribution < 1.29 is 19.1 Å². The van der Waals surface area contributed by atoms with Gasteiger partial charge in [-0.15, -0.1) is 0 Å². The molecule has 0 aliphatic heterocycles. The van der Waals surface area contributed by atoms with Gasteiger partial charge < -0.3 is 9.47 Å². The molecule has 0 atom stereocenters. The average molecular weight is 388 g/mol. The summed E-state index contributed by atoms with van der Waals surface area (Å²) in [4.78, 5) is 23.0. The number of hydrazone groups is 1. The molecule has 0 bridgehead atoms. The number of benzene rings is 3. The van der Waals surface area contributed by atoms with Gasteiger partial charge in [0.25, 0.3) is 5.91 Å². The third kappa shape index (κ3) is 6.04. The predicted molar refractivity (Wildman–Crippen MR) is 111 cm³/mol. The Morgan fingerprint density at radius 1 is 0.897 bits per heavy atom. The second kappa shape index (κ2) is 9.85. The van der Waals surface area contributed by atoms with E-state index in [-0.39, 0.29) is 6.61 Å². The van der Waals surface area contributed by atoms with Gasteiger partial charge in [0, 0.05) is 12.5 Å². The summed E-state index contributed by atoms with van der Waals surface area (Å²) in [5.41, 5.74) is 5.13. The second-order valence-corrected chi connectivity index (χ2v) is 6.10. The number of nitrogens with one attached hydrogen (secondary N) is 1. The Morgan fingerprint density at radius 3 is 2.28 bits per heavy atom. The van der Waals surface area contributed by atoms with Crippen molar-refractivity contribution >= 4 is 18.1 Å². The van der Waals surface area contributed by atoms with Gasteiger partial charge in [0.1, 0.15) is 11.5 Å². The Morgan fingerprint density at radius 2 is 1.55 bits per heavy atom. The molecule has 0 saturated heterocycles. The van der Waals surface area contributed by atoms with Crippen molar-refractivity contribution in [2.75, 3.05) is 6.61 Å². The molecular formula is C23H20N2O4. The van der Waals surface area contributed by atoms with Crippen molar-refractivity contribution in [1.82, 2.24) is 5.43 Å². The number of carbonyl (C=O) groups is 2. The van der Waals surface area contributed by atoms with Crippen LogP contribution in [0, 0.1) is 0 Å². The van der Waals surface area contributed by atoms with E-state index in [4.69, 9.17) is 9.47 Å². The maximum absolute atomic E-state index is 11.9. The van der Waals surface area contributed by atoms with E-state index < -0.39 is 11.9 Å². The van der Waals surface area contributed by atoms with Crippen LogP contribution in [0.2, 0.25) is 0 Å². The molecule has 0 aliphatic rings. The van der Waals surface area contributed by atoms with E-state index in [1.165, 1.54) is 13.1 Å². The van der Waals surface area contributed by atoms with E-state index in [0.717, 1.165) is 11.1 Å². The molecule has 146 valence electrons. The topological polar surface area (TPSA) is 77.0 Å². The van der Waals surface area contributed by atoms with Crippen LogP contribution in [0.4, 0.5) is 0 Å². The number of ether oxygens (including phenoxy) is 2. The molecule has 3 aromatic rings. The summed E-state index contributed by atoms with van der Waals surface area (Å²) in [6.45, 7) is 1.15. The smallest absolute Gasteiger partial charge is 0.308 e. The molecular weight excluding hydrogens is 368 g/mol. The number of rotatable bonds is 7. The van der Waals surface area contributed by atoms with Crippen molar-refractivity contribution in [3.05, 3.63) is 84.4 Å². The SMILES string of the molecule is CC(=O)Oc1ccccc1/C=N/NC(=O)COc1ccc(-c2ccccc2)cc1. The average Bonchev–Trinajstić information content (AvgIpc) is 2.74. The van der Waals surface area contributed by atoms with Gasteiger partial charge in [-0.25, -0.2) is 5.43 Å². The number of para-hydroxylation sites is 1. The van der Waals surface area contributed by atoms with Crippen LogP contribution in [0.1, 0.15) is 12.5 Å². The zero-order valence-corrected chi connectivity index (χ0v) is 15.9. The Bertz CT molecular complexity index is 999. The molecule has 1 amide bonds. The number of hydrogen-bond donors (Lipinski definition) is 1. The van der Waals surface area contributed by atoms with E-state index >= 15 is 0 Å². The summed E-state index contributed by atoms with van der Waals surface area (Å²) in [5.74, 6) is 0.122. The number of hydrogen-bond acceptors (Lipinski definition) is 5. The summed E-state index contributed by atoms with van der Waals surface area (Å²) in [6, 6.07) is 24.4. The monoisotopic (exact) mass is 388 g/mol. The molecule has 0 saturated carbocycles. The van der Waals surface area contributed by atoms with Crippen molar-refractivity contribution in [3.8, 4) is 22.6 Å². The number of nitrogens with zero attached hydrogens (tertiary/aromatic N) is 1. The predicted octanol–water partition coefficient (Wildman–Crippen LogP) is 3.81. The first-order valence-corrected chi connectivity index (χ1v) is 8.99. The van der Waals surface area contributed by atoms with Crippen LogP contribution in [0.25, 0.3) is 11.1 Å². The molecule has 6 nitrogen and oxygen atoms in total. The van der Waals surface area contributed by atoms with Crippen molar-refractivity contribution in [2.24, 2.45) is 5.10 Å². The highest BCUT2D eigenvalue weighted by Crippen LogP contribution is 2.22. The highest BCUT2D eigenvalue weighted by Gasteiger charge is 2.05. The Kier molecular flexibility index (Phi) is 6.73. The number of amides is 1. The first-order valence-electron chi connectivity index (χ1n) is 8.99. The minimum Gasteiger partial charge on any atom is -0.484 e. The van der Waals surface area contributed by atoms with Gasteiger partial charge in [0.15, 0.2) is 6.61 Å². The Hall–Kier alpha value is -3.93. The van der Waals surface area contributed by atoms with Crippen molar-refractivity contribution in [3.63, 3.8) is 0 Å². The molecule has 0 spiro atoms. The summed E-state index contributed by atoms with van der Waals surface area (Å²) in [7, 11) is 0. The van der Waals surface area contributed by atoms with Crippen LogP contribution >= 0.6 is 0 Å². The molecule has 6 heteroatoms. The summed E-state index contributed by atoms with van der Waals surface area (Å²) in [5, 5.41) is 3.88. The second-order valence-electron chi connectivity index (χ2n) is 6.10. The van der Waals surface area contributed by atoms with E-state index in [9.17, 15) is 9.59 Å². The first kappa shape index (κ1) is 19.8. The zero-order chi connectivity index (χ0) is 20.5. The lowest BCUT2D eigenvalue weighted by Gasteiger charge is -2.07. The maximum Gasteiger partial charge on any atom is 0.308 e. The minimum absolute atomic E-state index is 0.173. The fraction of sp³-hybridized carbons (Fsp3) is 0.0870. The lowest BCUT2D eigenvalue weighted by molar-refractivity contribution is -0.132. The van der Waals surface area contributed by atoms with E-state index in [1.54, 1.807) is 24.3 Å². The van der Waals surface area contributed by atoms with Crippen LogP contribution in [0.5, 0.6) is 11.5 Å². The quantitative estimate of drug-likeness (QED) is 0.289. The number of esters is 1. The standard InChI is InChI=1S/C23H20N2O4/c1-17(26)29-22-10-6-5-9-20(22)15-24-25-23(27)16-28-21-13-11-19(12-14-21)18-7-3-2-4-8-18/h2-15H,16H2,1H3,(H,25,27)/b24-15+. The van der Waals surface area contributed by atoms with Gasteiger partial charge in [0.2, 0.25) is 0 Å². The molecule has 1 N–H and O–H groups in total. The van der Waals surface area contributed by atoms with Gasteiger partial charge in [-0.1, -0.05) is 54.6 Å². The van der Waals surface area contributed by atoms with Gasteiger partial charge in [0.05, 0.1) is 6.21 Å². The maximum atomic E-state index is 11.9. The molecule has 0 radical (unpaired) electrons. The molecule has 0 heterocycles. The largest absolute Gasteiger partial charge is 0.484 e. The third-order valence-corrected chi connectivity index (χ3v) is 3.90. The van der Waals surface area contributed by atoms with Crippen molar-refractivity contribution in [2.45, 2.75) is 6.92 Å². The molecule has 0 aliphatic carbocycles. The molecule has 0 fully saturated rings.